The molecule has 0 spiro atoms. The molecule has 2 bridgehead atoms. The molecule has 2 fully saturated rings. The number of hydrogen-bond donors (Lipinski definition) is 0. The van der Waals surface area contributed by atoms with Crippen LogP contribution in [0.1, 0.15) is 45.6 Å². The Morgan fingerprint density at radius 3 is 2.20 bits per heavy atom. The van der Waals surface area contributed by atoms with E-state index in [1.165, 1.54) is 6.42 Å². The molecule has 0 aliphatic heterocycles. The van der Waals surface area contributed by atoms with Crippen molar-refractivity contribution in [1.82, 2.24) is 0 Å². The lowest BCUT2D eigenvalue weighted by Crippen LogP contribution is -2.32. The molecule has 2 aliphatic carbocycles. The highest BCUT2D eigenvalue weighted by atomic mass is 16.1. The van der Waals surface area contributed by atoms with Crippen LogP contribution < -0.4 is 0 Å². The number of hydrogen-bond acceptors (Lipinski definition) is 2. The molecule has 0 amide bonds. The molecule has 20 heavy (non-hydrogen) atoms. The van der Waals surface area contributed by atoms with Crippen LogP contribution in [0.2, 0.25) is 0 Å². The molecule has 2 atom stereocenters. The Kier molecular flexibility index (Phi) is 4.12. The maximum Gasteiger partial charge on any atom is 0.139 e. The summed E-state index contributed by atoms with van der Waals surface area (Å²) in [4.78, 5) is 21.5. The van der Waals surface area contributed by atoms with Crippen molar-refractivity contribution in [1.29, 1.82) is 0 Å². The van der Waals surface area contributed by atoms with E-state index in [-0.39, 0.29) is 10.8 Å². The lowest BCUT2D eigenvalue weighted by atomic mass is 9.70. The third kappa shape index (κ3) is 2.44. The van der Waals surface area contributed by atoms with Gasteiger partial charge in [0.15, 0.2) is 0 Å². The minimum atomic E-state index is 0.0255. The highest BCUT2D eigenvalue weighted by Gasteiger charge is 2.61. The fourth-order valence-corrected chi connectivity index (χ4v) is 3.61. The third-order valence-corrected chi connectivity index (χ3v) is 5.64. The van der Waals surface area contributed by atoms with E-state index in [0.29, 0.717) is 18.1 Å². The monoisotopic (exact) mass is 272 g/mol. The minimum Gasteiger partial charge on any atom is -0.303 e. The summed E-state index contributed by atoms with van der Waals surface area (Å²) in [6, 6.07) is 9.68. The Morgan fingerprint density at radius 1 is 1.20 bits per heavy atom. The van der Waals surface area contributed by atoms with Crippen molar-refractivity contribution in [3.8, 4) is 0 Å². The third-order valence-electron chi connectivity index (χ3n) is 5.64. The van der Waals surface area contributed by atoms with Crippen LogP contribution in [0.5, 0.6) is 0 Å². The molecule has 108 valence electrons. The van der Waals surface area contributed by atoms with Gasteiger partial charge in [-0.2, -0.15) is 0 Å². The highest BCUT2D eigenvalue weighted by molar-refractivity contribution is 5.89. The predicted molar refractivity (Wildman–Crippen MR) is 80.4 cm³/mol. The van der Waals surface area contributed by atoms with E-state index in [0.717, 1.165) is 24.7 Å². The molecule has 2 unspecified atom stereocenters. The first-order valence-electron chi connectivity index (χ1n) is 7.42. The average molecular weight is 272 g/mol. The van der Waals surface area contributed by atoms with Crippen molar-refractivity contribution < 1.29 is 9.59 Å². The second kappa shape index (κ2) is 5.51. The molecule has 0 saturated heterocycles. The first-order chi connectivity index (χ1) is 9.41. The summed E-state index contributed by atoms with van der Waals surface area (Å²) in [5.41, 5.74) is 1.38. The van der Waals surface area contributed by atoms with E-state index in [4.69, 9.17) is 0 Å². The first-order valence-corrected chi connectivity index (χ1v) is 7.42. The van der Waals surface area contributed by atoms with E-state index in [9.17, 15) is 9.59 Å². The molecule has 1 aromatic rings. The summed E-state index contributed by atoms with van der Waals surface area (Å²) in [6.45, 7) is 6.67. The SMILES string of the molecule is CC12CCC(CC1=O)C2(C)C.O=CCc1ccccc1. The standard InChI is InChI=1S/C10H16O.C8H8O/c1-9(2)7-4-5-10(9,3)8(11)6-7;9-7-6-8-4-2-1-3-5-8/h7H,4-6H2,1-3H3;1-5,7H,6H2. The fourth-order valence-electron chi connectivity index (χ4n) is 3.61. The molecule has 2 heteroatoms. The summed E-state index contributed by atoms with van der Waals surface area (Å²) in [5, 5.41) is 0. The normalized spacial score (nSPS) is 29.8. The molecule has 2 aliphatic rings. The van der Waals surface area contributed by atoms with E-state index < -0.39 is 0 Å². The zero-order chi connectivity index (χ0) is 14.8. The average Bonchev–Trinajstić information content (AvgIpc) is 2.74. The van der Waals surface area contributed by atoms with Gasteiger partial charge in [-0.15, -0.1) is 0 Å². The van der Waals surface area contributed by atoms with Gasteiger partial charge in [-0.05, 0) is 29.7 Å². The minimum absolute atomic E-state index is 0.0255. The van der Waals surface area contributed by atoms with E-state index in [2.05, 4.69) is 20.8 Å². The quantitative estimate of drug-likeness (QED) is 0.767. The van der Waals surface area contributed by atoms with Crippen LogP contribution in [0.25, 0.3) is 0 Å². The molecule has 0 radical (unpaired) electrons. The van der Waals surface area contributed by atoms with Crippen molar-refractivity contribution in [3.05, 3.63) is 35.9 Å². The van der Waals surface area contributed by atoms with Crippen LogP contribution in [0.3, 0.4) is 0 Å². The second-order valence-electron chi connectivity index (χ2n) is 6.77. The van der Waals surface area contributed by atoms with Gasteiger partial charge in [0.25, 0.3) is 0 Å². The van der Waals surface area contributed by atoms with Crippen molar-refractivity contribution in [3.63, 3.8) is 0 Å². The molecule has 3 rings (SSSR count). The van der Waals surface area contributed by atoms with Crippen molar-refractivity contribution >= 4 is 12.1 Å². The van der Waals surface area contributed by atoms with Gasteiger partial charge < -0.3 is 4.79 Å². The Morgan fingerprint density at radius 2 is 1.85 bits per heavy atom. The smallest absolute Gasteiger partial charge is 0.139 e. The maximum atomic E-state index is 11.6. The zero-order valence-electron chi connectivity index (χ0n) is 12.7. The van der Waals surface area contributed by atoms with Crippen LogP contribution in [-0.4, -0.2) is 12.1 Å². The molecule has 0 N–H and O–H groups in total. The van der Waals surface area contributed by atoms with Crippen molar-refractivity contribution in [2.45, 2.75) is 46.5 Å². The van der Waals surface area contributed by atoms with Gasteiger partial charge in [0.05, 0.1) is 0 Å². The number of Topliss-reactive ketones (excluding diaryl/α,β-unsaturated/α-hetero) is 1. The van der Waals surface area contributed by atoms with Gasteiger partial charge in [-0.1, -0.05) is 51.1 Å². The number of aldehydes is 1. The summed E-state index contributed by atoms with van der Waals surface area (Å²) >= 11 is 0. The van der Waals surface area contributed by atoms with Crippen LogP contribution in [0, 0.1) is 16.7 Å². The number of carbonyl (C=O) groups is 2. The summed E-state index contributed by atoms with van der Waals surface area (Å²) in [6.07, 6.45) is 4.69. The number of benzene rings is 1. The lowest BCUT2D eigenvalue weighted by molar-refractivity contribution is -0.128. The largest absolute Gasteiger partial charge is 0.303 e. The van der Waals surface area contributed by atoms with Gasteiger partial charge in [-0.3, -0.25) is 4.79 Å². The molecular formula is C18H24O2. The molecular weight excluding hydrogens is 248 g/mol. The van der Waals surface area contributed by atoms with Crippen LogP contribution in [-0.2, 0) is 16.0 Å². The Hall–Kier alpha value is -1.44. The topological polar surface area (TPSA) is 34.1 Å². The number of ketones is 1. The first kappa shape index (κ1) is 15.0. The van der Waals surface area contributed by atoms with Gasteiger partial charge in [0.2, 0.25) is 0 Å². The summed E-state index contributed by atoms with van der Waals surface area (Å²) < 4.78 is 0. The highest BCUT2D eigenvalue weighted by Crippen LogP contribution is 2.63. The fraction of sp³-hybridized carbons (Fsp3) is 0.556. The van der Waals surface area contributed by atoms with Gasteiger partial charge >= 0.3 is 0 Å². The maximum absolute atomic E-state index is 11.6. The van der Waals surface area contributed by atoms with Crippen molar-refractivity contribution in [2.24, 2.45) is 16.7 Å². The van der Waals surface area contributed by atoms with E-state index in [1.807, 2.05) is 30.3 Å². The molecule has 2 saturated carbocycles. The van der Waals surface area contributed by atoms with Crippen LogP contribution in [0.4, 0.5) is 0 Å². The van der Waals surface area contributed by atoms with Crippen molar-refractivity contribution in [2.75, 3.05) is 0 Å². The molecule has 0 aromatic heterocycles. The predicted octanol–water partition coefficient (Wildman–Crippen LogP) is 3.83. The van der Waals surface area contributed by atoms with Gasteiger partial charge in [0, 0.05) is 18.3 Å². The Bertz CT molecular complexity index is 489. The Labute approximate surface area is 121 Å². The number of fused-ring (bicyclic) bond motifs is 2. The van der Waals surface area contributed by atoms with Crippen LogP contribution in [0.15, 0.2) is 30.3 Å². The molecule has 1 aromatic carbocycles. The molecule has 0 heterocycles. The van der Waals surface area contributed by atoms with Crippen LogP contribution >= 0.6 is 0 Å². The Balaban J connectivity index is 0.000000151. The van der Waals surface area contributed by atoms with Gasteiger partial charge in [0.1, 0.15) is 12.1 Å². The number of carbonyl (C=O) groups excluding carboxylic acids is 2. The second-order valence-corrected chi connectivity index (χ2v) is 6.77. The van der Waals surface area contributed by atoms with E-state index >= 15 is 0 Å². The number of rotatable bonds is 2. The van der Waals surface area contributed by atoms with E-state index in [1.54, 1.807) is 0 Å². The van der Waals surface area contributed by atoms with Gasteiger partial charge in [-0.25, -0.2) is 0 Å². The summed E-state index contributed by atoms with van der Waals surface area (Å²) in [7, 11) is 0. The summed E-state index contributed by atoms with van der Waals surface area (Å²) in [5.74, 6) is 1.19. The zero-order valence-corrected chi connectivity index (χ0v) is 12.7. The lowest BCUT2D eigenvalue weighted by Gasteiger charge is -2.32. The molecule has 2 nitrogen and oxygen atoms in total.